The van der Waals surface area contributed by atoms with Crippen LogP contribution < -0.4 is 5.43 Å². The van der Waals surface area contributed by atoms with Crippen molar-refractivity contribution in [2.24, 2.45) is 0 Å². The third-order valence-corrected chi connectivity index (χ3v) is 5.04. The number of rotatable bonds is 3. The van der Waals surface area contributed by atoms with Crippen molar-refractivity contribution in [1.82, 2.24) is 9.88 Å². The van der Waals surface area contributed by atoms with Gasteiger partial charge in [0.05, 0.1) is 16.6 Å². The molecule has 4 aromatic rings. The molecule has 28 heavy (non-hydrogen) atoms. The van der Waals surface area contributed by atoms with Crippen LogP contribution in [0.1, 0.15) is 33.4 Å². The number of carbonyl (C=O) groups is 1. The number of hydrogen-bond donors (Lipinski definition) is 0. The molecule has 5 rings (SSSR count). The first kappa shape index (κ1) is 16.4. The Balaban J connectivity index is 1.74. The average Bonchev–Trinajstić information content (AvgIpc) is 3.02. The second-order valence-corrected chi connectivity index (χ2v) is 6.75. The Kier molecular flexibility index (Phi) is 3.79. The molecule has 136 valence electrons. The van der Waals surface area contributed by atoms with Gasteiger partial charge in [-0.25, -0.2) is 0 Å². The molecule has 0 spiro atoms. The van der Waals surface area contributed by atoms with Crippen LogP contribution in [-0.2, 0) is 6.54 Å². The van der Waals surface area contributed by atoms with Gasteiger partial charge in [-0.05, 0) is 29.8 Å². The van der Waals surface area contributed by atoms with E-state index in [1.807, 2.05) is 48.5 Å². The highest BCUT2D eigenvalue weighted by Crippen LogP contribution is 2.38. The Bertz CT molecular complexity index is 1230. The van der Waals surface area contributed by atoms with Crippen LogP contribution in [-0.4, -0.2) is 15.8 Å². The van der Waals surface area contributed by atoms with E-state index in [9.17, 15) is 9.59 Å². The minimum Gasteiger partial charge on any atom is -0.450 e. The molecule has 0 aliphatic carbocycles. The molecule has 1 amide bonds. The van der Waals surface area contributed by atoms with Gasteiger partial charge in [-0.1, -0.05) is 48.5 Å². The van der Waals surface area contributed by atoms with Gasteiger partial charge >= 0.3 is 0 Å². The molecule has 0 fully saturated rings. The van der Waals surface area contributed by atoms with Crippen LogP contribution in [0, 0.1) is 0 Å². The molecule has 0 saturated carbocycles. The van der Waals surface area contributed by atoms with Crippen LogP contribution >= 0.6 is 0 Å². The second-order valence-electron chi connectivity index (χ2n) is 6.75. The largest absolute Gasteiger partial charge is 0.450 e. The van der Waals surface area contributed by atoms with Crippen molar-refractivity contribution in [1.29, 1.82) is 0 Å². The fourth-order valence-corrected chi connectivity index (χ4v) is 3.76. The molecule has 2 aromatic heterocycles. The van der Waals surface area contributed by atoms with Crippen LogP contribution in [0.15, 0.2) is 88.2 Å². The van der Waals surface area contributed by atoms with Crippen LogP contribution in [0.25, 0.3) is 11.0 Å². The number of para-hydroxylation sites is 1. The monoisotopic (exact) mass is 368 g/mol. The number of pyridine rings is 1. The average molecular weight is 368 g/mol. The first-order chi connectivity index (χ1) is 13.7. The van der Waals surface area contributed by atoms with E-state index in [-0.39, 0.29) is 17.1 Å². The molecule has 0 bridgehead atoms. The number of aromatic nitrogens is 1. The standard InChI is InChI=1S/C23H16N2O3/c26-21-16-10-4-5-12-18(16)28-22-19(21)20(17-11-6-7-13-24-17)25(23(22)27)14-15-8-2-1-3-9-15/h1-13,20H,14H2/t20-/m1/s1. The molecule has 0 unspecified atom stereocenters. The first-order valence-electron chi connectivity index (χ1n) is 9.05. The summed E-state index contributed by atoms with van der Waals surface area (Å²) in [6.07, 6.45) is 1.67. The van der Waals surface area contributed by atoms with E-state index >= 15 is 0 Å². The van der Waals surface area contributed by atoms with Crippen LogP contribution in [0.5, 0.6) is 0 Å². The lowest BCUT2D eigenvalue weighted by atomic mass is 10.0. The van der Waals surface area contributed by atoms with Crippen molar-refractivity contribution in [3.8, 4) is 0 Å². The molecule has 5 heteroatoms. The maximum atomic E-state index is 13.3. The SMILES string of the molecule is O=C1c2oc3ccccc3c(=O)c2[C@@H](c2ccccn2)N1Cc1ccccc1. The van der Waals surface area contributed by atoms with Crippen LogP contribution in [0.2, 0.25) is 0 Å². The molecule has 5 nitrogen and oxygen atoms in total. The molecular formula is C23H16N2O3. The predicted octanol–water partition coefficient (Wildman–Crippen LogP) is 3.93. The first-order valence-corrected chi connectivity index (χ1v) is 9.05. The predicted molar refractivity (Wildman–Crippen MR) is 105 cm³/mol. The third-order valence-electron chi connectivity index (χ3n) is 5.04. The number of hydrogen-bond acceptors (Lipinski definition) is 4. The van der Waals surface area contributed by atoms with Gasteiger partial charge in [0.15, 0.2) is 5.43 Å². The Hall–Kier alpha value is -3.73. The van der Waals surface area contributed by atoms with Crippen molar-refractivity contribution in [2.75, 3.05) is 0 Å². The van der Waals surface area contributed by atoms with Crippen molar-refractivity contribution < 1.29 is 9.21 Å². The van der Waals surface area contributed by atoms with E-state index in [1.54, 1.807) is 35.4 Å². The van der Waals surface area contributed by atoms with E-state index in [1.165, 1.54) is 0 Å². The summed E-state index contributed by atoms with van der Waals surface area (Å²) >= 11 is 0. The summed E-state index contributed by atoms with van der Waals surface area (Å²) in [5, 5.41) is 0.469. The highest BCUT2D eigenvalue weighted by Gasteiger charge is 2.43. The molecule has 0 saturated heterocycles. The van der Waals surface area contributed by atoms with Gasteiger partial charge in [0.1, 0.15) is 11.6 Å². The molecule has 1 aliphatic heterocycles. The number of fused-ring (bicyclic) bond motifs is 2. The topological polar surface area (TPSA) is 63.4 Å². The number of benzene rings is 2. The summed E-state index contributed by atoms with van der Waals surface area (Å²) in [5.74, 6) is -0.187. The molecule has 0 radical (unpaired) electrons. The maximum absolute atomic E-state index is 13.3. The fraction of sp³-hybridized carbons (Fsp3) is 0.0870. The van der Waals surface area contributed by atoms with Crippen molar-refractivity contribution in [2.45, 2.75) is 12.6 Å². The number of carbonyl (C=O) groups excluding carboxylic acids is 1. The molecule has 1 aliphatic rings. The Morgan fingerprint density at radius 3 is 2.43 bits per heavy atom. The summed E-state index contributed by atoms with van der Waals surface area (Å²) in [5.41, 5.74) is 2.21. The zero-order valence-electron chi connectivity index (χ0n) is 14.9. The van der Waals surface area contributed by atoms with Gasteiger partial charge in [-0.3, -0.25) is 14.6 Å². The Labute approximate surface area is 160 Å². The summed E-state index contributed by atoms with van der Waals surface area (Å²) in [7, 11) is 0. The zero-order chi connectivity index (χ0) is 19.1. The number of nitrogens with zero attached hydrogens (tertiary/aromatic N) is 2. The van der Waals surface area contributed by atoms with Gasteiger partial charge in [-0.2, -0.15) is 0 Å². The minimum absolute atomic E-state index is 0.107. The Morgan fingerprint density at radius 1 is 0.893 bits per heavy atom. The molecule has 3 heterocycles. The lowest BCUT2D eigenvalue weighted by molar-refractivity contribution is 0.0712. The summed E-state index contributed by atoms with van der Waals surface area (Å²) in [6, 6.07) is 21.6. The lowest BCUT2D eigenvalue weighted by Crippen LogP contribution is -2.29. The normalized spacial score (nSPS) is 15.8. The van der Waals surface area contributed by atoms with E-state index in [4.69, 9.17) is 4.42 Å². The van der Waals surface area contributed by atoms with E-state index < -0.39 is 6.04 Å². The Morgan fingerprint density at radius 2 is 1.64 bits per heavy atom. The maximum Gasteiger partial charge on any atom is 0.291 e. The van der Waals surface area contributed by atoms with Gasteiger partial charge < -0.3 is 9.32 Å². The molecular weight excluding hydrogens is 352 g/mol. The van der Waals surface area contributed by atoms with E-state index in [2.05, 4.69) is 4.98 Å². The van der Waals surface area contributed by atoms with Gasteiger partial charge in [-0.15, -0.1) is 0 Å². The van der Waals surface area contributed by atoms with Gasteiger partial charge in [0.25, 0.3) is 5.91 Å². The fourth-order valence-electron chi connectivity index (χ4n) is 3.76. The van der Waals surface area contributed by atoms with Crippen LogP contribution in [0.4, 0.5) is 0 Å². The quantitative estimate of drug-likeness (QED) is 0.550. The molecule has 2 aromatic carbocycles. The highest BCUT2D eigenvalue weighted by molar-refractivity contribution is 5.98. The third kappa shape index (κ3) is 2.52. The second kappa shape index (κ2) is 6.46. The van der Waals surface area contributed by atoms with Gasteiger partial charge in [0.2, 0.25) is 5.76 Å². The smallest absolute Gasteiger partial charge is 0.291 e. The summed E-state index contributed by atoms with van der Waals surface area (Å²) in [6.45, 7) is 0.362. The van der Waals surface area contributed by atoms with Crippen LogP contribution in [0.3, 0.4) is 0 Å². The van der Waals surface area contributed by atoms with Crippen molar-refractivity contribution in [3.05, 3.63) is 112 Å². The zero-order valence-corrected chi connectivity index (χ0v) is 14.9. The minimum atomic E-state index is -0.579. The lowest BCUT2D eigenvalue weighted by Gasteiger charge is -2.24. The van der Waals surface area contributed by atoms with Gasteiger partial charge in [0, 0.05) is 12.7 Å². The summed E-state index contributed by atoms with van der Waals surface area (Å²) in [4.78, 5) is 32.6. The van der Waals surface area contributed by atoms with E-state index in [0.29, 0.717) is 28.8 Å². The van der Waals surface area contributed by atoms with Crippen molar-refractivity contribution in [3.63, 3.8) is 0 Å². The van der Waals surface area contributed by atoms with Crippen molar-refractivity contribution >= 4 is 16.9 Å². The molecule has 1 atom stereocenters. The highest BCUT2D eigenvalue weighted by atomic mass is 16.3. The summed E-state index contributed by atoms with van der Waals surface area (Å²) < 4.78 is 5.90. The number of amides is 1. The van der Waals surface area contributed by atoms with E-state index in [0.717, 1.165) is 5.56 Å². The molecule has 0 N–H and O–H groups in total.